The van der Waals surface area contributed by atoms with Gasteiger partial charge in [0.15, 0.2) is 0 Å². The van der Waals surface area contributed by atoms with Gasteiger partial charge in [-0.3, -0.25) is 4.79 Å². The van der Waals surface area contributed by atoms with E-state index in [0.717, 1.165) is 0 Å². The van der Waals surface area contributed by atoms with Crippen LogP contribution < -0.4 is 11.1 Å². The van der Waals surface area contributed by atoms with E-state index in [-0.39, 0.29) is 18.5 Å². The van der Waals surface area contributed by atoms with Gasteiger partial charge in [0.2, 0.25) is 5.91 Å². The minimum atomic E-state index is -4.46. The predicted octanol–water partition coefficient (Wildman–Crippen LogP) is 1.43. The summed E-state index contributed by atoms with van der Waals surface area (Å²) in [5, 5.41) is 2.27. The van der Waals surface area contributed by atoms with E-state index in [4.69, 9.17) is 5.73 Å². The fourth-order valence-electron chi connectivity index (χ4n) is 1.24. The first-order valence-electron chi connectivity index (χ1n) is 4.80. The van der Waals surface area contributed by atoms with Gasteiger partial charge in [0.25, 0.3) is 0 Å². The molecule has 0 aliphatic rings. The van der Waals surface area contributed by atoms with Crippen LogP contribution in [-0.2, 0) is 4.79 Å². The standard InChI is InChI=1S/C9H17F3N2O/c1-6(2)3-7(5-13)14-8(15)4-9(10,11)12/h6-7H,3-5,13H2,1-2H3,(H,14,15). The molecule has 1 amide bonds. The molecule has 1 atom stereocenters. The number of carbonyl (C=O) groups is 1. The molecule has 0 fully saturated rings. The Labute approximate surface area is 87.2 Å². The minimum absolute atomic E-state index is 0.155. The number of rotatable bonds is 5. The molecule has 0 aromatic carbocycles. The number of nitrogens with one attached hydrogen (secondary N) is 1. The summed E-state index contributed by atoms with van der Waals surface area (Å²) in [5.41, 5.74) is 5.34. The summed E-state index contributed by atoms with van der Waals surface area (Å²) in [5.74, 6) is -0.733. The van der Waals surface area contributed by atoms with Gasteiger partial charge in [0.1, 0.15) is 6.42 Å². The van der Waals surface area contributed by atoms with Crippen molar-refractivity contribution in [2.75, 3.05) is 6.54 Å². The lowest BCUT2D eigenvalue weighted by Gasteiger charge is -2.19. The van der Waals surface area contributed by atoms with Crippen LogP contribution in [0.2, 0.25) is 0 Å². The third-order valence-electron chi connectivity index (χ3n) is 1.77. The lowest BCUT2D eigenvalue weighted by Crippen LogP contribution is -2.42. The van der Waals surface area contributed by atoms with Crippen LogP contribution in [-0.4, -0.2) is 24.7 Å². The maximum atomic E-state index is 11.8. The fourth-order valence-corrected chi connectivity index (χ4v) is 1.24. The van der Waals surface area contributed by atoms with Gasteiger partial charge >= 0.3 is 6.18 Å². The molecule has 1 unspecified atom stereocenters. The maximum absolute atomic E-state index is 11.8. The Morgan fingerprint density at radius 2 is 1.93 bits per heavy atom. The Morgan fingerprint density at radius 3 is 2.27 bits per heavy atom. The van der Waals surface area contributed by atoms with Crippen LogP contribution in [0.4, 0.5) is 13.2 Å². The van der Waals surface area contributed by atoms with E-state index < -0.39 is 18.5 Å². The van der Waals surface area contributed by atoms with Crippen molar-refractivity contribution in [3.63, 3.8) is 0 Å². The molecule has 0 aromatic rings. The number of carbonyl (C=O) groups excluding carboxylic acids is 1. The number of hydrogen-bond donors (Lipinski definition) is 2. The summed E-state index contributed by atoms with van der Waals surface area (Å²) in [6, 6.07) is -0.375. The van der Waals surface area contributed by atoms with Gasteiger partial charge in [-0.15, -0.1) is 0 Å². The van der Waals surface area contributed by atoms with Crippen LogP contribution in [0, 0.1) is 5.92 Å². The number of hydrogen-bond acceptors (Lipinski definition) is 2. The Kier molecular flexibility index (Phi) is 5.64. The lowest BCUT2D eigenvalue weighted by atomic mass is 10.0. The molecule has 0 aliphatic heterocycles. The van der Waals surface area contributed by atoms with E-state index in [1.54, 1.807) is 0 Å². The van der Waals surface area contributed by atoms with Crippen molar-refractivity contribution in [3.8, 4) is 0 Å². The van der Waals surface area contributed by atoms with Crippen LogP contribution >= 0.6 is 0 Å². The highest BCUT2D eigenvalue weighted by atomic mass is 19.4. The number of halogens is 3. The van der Waals surface area contributed by atoms with E-state index >= 15 is 0 Å². The Bertz CT molecular complexity index is 204. The van der Waals surface area contributed by atoms with E-state index in [0.29, 0.717) is 6.42 Å². The molecule has 0 saturated carbocycles. The molecule has 15 heavy (non-hydrogen) atoms. The Balaban J connectivity index is 4.02. The average Bonchev–Trinajstić information content (AvgIpc) is 1.98. The molecule has 3 N–H and O–H groups in total. The largest absolute Gasteiger partial charge is 0.397 e. The molecule has 3 nitrogen and oxygen atoms in total. The SMILES string of the molecule is CC(C)CC(CN)NC(=O)CC(F)(F)F. The Morgan fingerprint density at radius 1 is 1.40 bits per heavy atom. The van der Waals surface area contributed by atoms with Crippen molar-refractivity contribution in [3.05, 3.63) is 0 Å². The molecule has 0 saturated heterocycles. The summed E-state index contributed by atoms with van der Waals surface area (Å²) in [6.45, 7) is 3.99. The van der Waals surface area contributed by atoms with Crippen LogP contribution in [0.1, 0.15) is 26.7 Å². The van der Waals surface area contributed by atoms with Gasteiger partial charge in [-0.1, -0.05) is 13.8 Å². The Hall–Kier alpha value is -0.780. The zero-order valence-electron chi connectivity index (χ0n) is 8.90. The van der Waals surface area contributed by atoms with Gasteiger partial charge in [-0.05, 0) is 12.3 Å². The summed E-state index contributed by atoms with van der Waals surface area (Å²) < 4.78 is 35.5. The van der Waals surface area contributed by atoms with Crippen LogP contribution in [0.5, 0.6) is 0 Å². The van der Waals surface area contributed by atoms with Crippen molar-refractivity contribution >= 4 is 5.91 Å². The fraction of sp³-hybridized carbons (Fsp3) is 0.889. The summed E-state index contributed by atoms with van der Waals surface area (Å²) in [4.78, 5) is 10.9. The number of alkyl halides is 3. The van der Waals surface area contributed by atoms with Gasteiger partial charge in [0, 0.05) is 12.6 Å². The molecule has 0 spiro atoms. The van der Waals surface area contributed by atoms with Gasteiger partial charge < -0.3 is 11.1 Å². The third kappa shape index (κ3) is 8.23. The second-order valence-corrected chi connectivity index (χ2v) is 3.92. The monoisotopic (exact) mass is 226 g/mol. The molecule has 0 heterocycles. The third-order valence-corrected chi connectivity index (χ3v) is 1.77. The van der Waals surface area contributed by atoms with Crippen molar-refractivity contribution < 1.29 is 18.0 Å². The first-order chi connectivity index (χ1) is 6.74. The minimum Gasteiger partial charge on any atom is -0.352 e. The summed E-state index contributed by atoms with van der Waals surface area (Å²) in [7, 11) is 0. The van der Waals surface area contributed by atoms with Crippen LogP contribution in [0.3, 0.4) is 0 Å². The van der Waals surface area contributed by atoms with Crippen LogP contribution in [0.15, 0.2) is 0 Å². The first kappa shape index (κ1) is 14.2. The molecule has 6 heteroatoms. The van der Waals surface area contributed by atoms with Crippen molar-refractivity contribution in [2.45, 2.75) is 38.9 Å². The topological polar surface area (TPSA) is 55.1 Å². The van der Waals surface area contributed by atoms with Crippen molar-refractivity contribution in [1.29, 1.82) is 0 Å². The second kappa shape index (κ2) is 5.95. The van der Waals surface area contributed by atoms with Gasteiger partial charge in [-0.25, -0.2) is 0 Å². The van der Waals surface area contributed by atoms with E-state index in [2.05, 4.69) is 5.32 Å². The molecular formula is C9H17F3N2O. The molecule has 0 rings (SSSR count). The van der Waals surface area contributed by atoms with E-state index in [9.17, 15) is 18.0 Å². The first-order valence-corrected chi connectivity index (χ1v) is 4.80. The van der Waals surface area contributed by atoms with Gasteiger partial charge in [0.05, 0.1) is 0 Å². The molecule has 90 valence electrons. The van der Waals surface area contributed by atoms with E-state index in [1.165, 1.54) is 0 Å². The van der Waals surface area contributed by atoms with Crippen molar-refractivity contribution in [2.24, 2.45) is 11.7 Å². The highest BCUT2D eigenvalue weighted by molar-refractivity contribution is 5.76. The molecule has 0 aromatic heterocycles. The summed E-state index contributed by atoms with van der Waals surface area (Å²) >= 11 is 0. The molecular weight excluding hydrogens is 209 g/mol. The normalized spacial score (nSPS) is 14.1. The van der Waals surface area contributed by atoms with Crippen molar-refractivity contribution in [1.82, 2.24) is 5.32 Å². The zero-order chi connectivity index (χ0) is 12.1. The lowest BCUT2D eigenvalue weighted by molar-refractivity contribution is -0.154. The zero-order valence-corrected chi connectivity index (χ0v) is 8.90. The quantitative estimate of drug-likeness (QED) is 0.745. The molecule has 0 bridgehead atoms. The molecule has 0 radical (unpaired) electrons. The smallest absolute Gasteiger partial charge is 0.352 e. The van der Waals surface area contributed by atoms with E-state index in [1.807, 2.05) is 13.8 Å². The summed E-state index contributed by atoms with van der Waals surface area (Å²) in [6.07, 6.45) is -5.32. The molecule has 0 aliphatic carbocycles. The average molecular weight is 226 g/mol. The number of amides is 1. The second-order valence-electron chi connectivity index (χ2n) is 3.92. The van der Waals surface area contributed by atoms with Gasteiger partial charge in [-0.2, -0.15) is 13.2 Å². The number of nitrogens with two attached hydrogens (primary N) is 1. The highest BCUT2D eigenvalue weighted by Gasteiger charge is 2.31. The van der Waals surface area contributed by atoms with Crippen LogP contribution in [0.25, 0.3) is 0 Å². The highest BCUT2D eigenvalue weighted by Crippen LogP contribution is 2.19. The predicted molar refractivity (Wildman–Crippen MR) is 51.1 cm³/mol. The maximum Gasteiger partial charge on any atom is 0.397 e.